The van der Waals surface area contributed by atoms with Crippen LogP contribution < -0.4 is 5.32 Å². The fourth-order valence-corrected chi connectivity index (χ4v) is 3.72. The molecule has 0 atom stereocenters. The number of hydrogen-bond donors (Lipinski definition) is 2. The molecule has 0 unspecified atom stereocenters. The molecule has 30 heavy (non-hydrogen) atoms. The maximum absolute atomic E-state index is 13.1. The third-order valence-electron chi connectivity index (χ3n) is 5.31. The number of hydrogen-bond acceptors (Lipinski definition) is 3. The second-order valence-corrected chi connectivity index (χ2v) is 7.74. The lowest BCUT2D eigenvalue weighted by Crippen LogP contribution is -2.45. The number of carbonyl (C=O) groups excluding carboxylic acids is 1. The third-order valence-corrected chi connectivity index (χ3v) is 5.64. The molecule has 4 nitrogen and oxygen atoms in total. The fraction of sp³-hybridized carbons (Fsp3) is 0.381. The highest BCUT2D eigenvalue weighted by Gasteiger charge is 2.38. The summed E-state index contributed by atoms with van der Waals surface area (Å²) in [4.78, 5) is 14.0. The standard InChI is InChI=1S/C21H21ClF4N2O2/c22-18-6-3-15(13-17(18)21(24,25)26)20(30)7-10-28(11-8-20)12-9-27-19(29)14-1-4-16(23)5-2-14/h1-6,13,30H,7-12H2,(H,27,29). The summed E-state index contributed by atoms with van der Waals surface area (Å²) in [5.41, 5.74) is -1.77. The summed E-state index contributed by atoms with van der Waals surface area (Å²) in [5.74, 6) is -0.736. The largest absolute Gasteiger partial charge is 0.417 e. The highest BCUT2D eigenvalue weighted by atomic mass is 35.5. The molecule has 3 rings (SSSR count). The van der Waals surface area contributed by atoms with Crippen LogP contribution in [0.4, 0.5) is 17.6 Å². The van der Waals surface area contributed by atoms with Crippen LogP contribution >= 0.6 is 11.6 Å². The van der Waals surface area contributed by atoms with Gasteiger partial charge in [-0.05, 0) is 54.8 Å². The molecule has 2 aromatic carbocycles. The van der Waals surface area contributed by atoms with E-state index in [4.69, 9.17) is 11.6 Å². The SMILES string of the molecule is O=C(NCCN1CCC(O)(c2ccc(Cl)c(C(F)(F)F)c2)CC1)c1ccc(F)cc1. The molecule has 0 spiro atoms. The number of piperidine rings is 1. The van der Waals surface area contributed by atoms with Crippen molar-refractivity contribution in [3.63, 3.8) is 0 Å². The number of alkyl halides is 3. The van der Waals surface area contributed by atoms with Crippen LogP contribution in [0.2, 0.25) is 5.02 Å². The van der Waals surface area contributed by atoms with Gasteiger partial charge in [-0.1, -0.05) is 17.7 Å². The third kappa shape index (κ3) is 5.30. The van der Waals surface area contributed by atoms with Crippen molar-refractivity contribution >= 4 is 17.5 Å². The Balaban J connectivity index is 1.53. The zero-order chi connectivity index (χ0) is 21.9. The van der Waals surface area contributed by atoms with Crippen LogP contribution in [0, 0.1) is 5.82 Å². The molecule has 9 heteroatoms. The Kier molecular flexibility index (Phi) is 6.69. The Hall–Kier alpha value is -2.16. The number of nitrogens with zero attached hydrogens (tertiary/aromatic N) is 1. The minimum atomic E-state index is -4.59. The van der Waals surface area contributed by atoms with Gasteiger partial charge in [0.1, 0.15) is 5.82 Å². The van der Waals surface area contributed by atoms with Gasteiger partial charge in [-0.25, -0.2) is 4.39 Å². The van der Waals surface area contributed by atoms with E-state index in [2.05, 4.69) is 5.32 Å². The molecule has 0 aromatic heterocycles. The first-order valence-corrected chi connectivity index (χ1v) is 9.82. The summed E-state index contributed by atoms with van der Waals surface area (Å²) in [6.45, 7) is 1.81. The van der Waals surface area contributed by atoms with Gasteiger partial charge in [0, 0.05) is 31.7 Å². The maximum atomic E-state index is 13.1. The van der Waals surface area contributed by atoms with Crippen LogP contribution in [0.25, 0.3) is 0 Å². The van der Waals surface area contributed by atoms with Crippen molar-refractivity contribution in [2.45, 2.75) is 24.6 Å². The minimum absolute atomic E-state index is 0.198. The van der Waals surface area contributed by atoms with E-state index in [0.717, 1.165) is 12.1 Å². The maximum Gasteiger partial charge on any atom is 0.417 e. The fourth-order valence-electron chi connectivity index (χ4n) is 3.50. The molecule has 1 aliphatic heterocycles. The molecule has 0 aliphatic carbocycles. The molecule has 0 radical (unpaired) electrons. The molecule has 1 saturated heterocycles. The second kappa shape index (κ2) is 8.91. The number of benzene rings is 2. The molecule has 0 bridgehead atoms. The monoisotopic (exact) mass is 444 g/mol. The number of amides is 1. The van der Waals surface area contributed by atoms with Gasteiger partial charge in [-0.2, -0.15) is 13.2 Å². The molecule has 162 valence electrons. The average Bonchev–Trinajstić information content (AvgIpc) is 2.69. The van der Waals surface area contributed by atoms with Crippen molar-refractivity contribution in [1.82, 2.24) is 10.2 Å². The Morgan fingerprint density at radius 3 is 2.37 bits per heavy atom. The summed E-state index contributed by atoms with van der Waals surface area (Å²) >= 11 is 5.66. The number of nitrogens with one attached hydrogen (secondary N) is 1. The van der Waals surface area contributed by atoms with Gasteiger partial charge in [-0.15, -0.1) is 0 Å². The lowest BCUT2D eigenvalue weighted by atomic mass is 9.83. The van der Waals surface area contributed by atoms with Crippen molar-refractivity contribution in [2.75, 3.05) is 26.2 Å². The summed E-state index contributed by atoms with van der Waals surface area (Å²) < 4.78 is 52.2. The molecule has 1 fully saturated rings. The first-order valence-electron chi connectivity index (χ1n) is 9.44. The highest BCUT2D eigenvalue weighted by molar-refractivity contribution is 6.31. The predicted molar refractivity (Wildman–Crippen MR) is 105 cm³/mol. The Labute approximate surface area is 176 Å². The van der Waals surface area contributed by atoms with Crippen LogP contribution in [0.5, 0.6) is 0 Å². The number of rotatable bonds is 5. The normalized spacial score (nSPS) is 17.0. The zero-order valence-electron chi connectivity index (χ0n) is 16.0. The van der Waals surface area contributed by atoms with E-state index in [1.807, 2.05) is 4.90 Å². The number of aliphatic hydroxyl groups is 1. The Bertz CT molecular complexity index is 895. The number of halogens is 5. The van der Waals surface area contributed by atoms with Gasteiger partial charge in [0.2, 0.25) is 0 Å². The summed E-state index contributed by atoms with van der Waals surface area (Å²) in [6, 6.07) is 8.72. The molecular formula is C21H21ClF4N2O2. The molecule has 2 N–H and O–H groups in total. The van der Waals surface area contributed by atoms with Crippen molar-refractivity contribution in [3.05, 3.63) is 70.0 Å². The average molecular weight is 445 g/mol. The summed E-state index contributed by atoms with van der Waals surface area (Å²) in [7, 11) is 0. The Morgan fingerprint density at radius 1 is 1.13 bits per heavy atom. The molecule has 0 saturated carbocycles. The smallest absolute Gasteiger partial charge is 0.385 e. The van der Waals surface area contributed by atoms with Gasteiger partial charge in [-0.3, -0.25) is 4.79 Å². The topological polar surface area (TPSA) is 52.6 Å². The van der Waals surface area contributed by atoms with Crippen molar-refractivity contribution in [2.24, 2.45) is 0 Å². The van der Waals surface area contributed by atoms with E-state index in [0.29, 0.717) is 31.7 Å². The van der Waals surface area contributed by atoms with Crippen LogP contribution in [-0.4, -0.2) is 42.1 Å². The zero-order valence-corrected chi connectivity index (χ0v) is 16.7. The molecule has 2 aromatic rings. The van der Waals surface area contributed by atoms with Gasteiger partial charge in [0.15, 0.2) is 0 Å². The van der Waals surface area contributed by atoms with Crippen LogP contribution in [0.3, 0.4) is 0 Å². The van der Waals surface area contributed by atoms with Gasteiger partial charge in [0.25, 0.3) is 5.91 Å². The van der Waals surface area contributed by atoms with E-state index in [1.54, 1.807) is 0 Å². The minimum Gasteiger partial charge on any atom is -0.385 e. The van der Waals surface area contributed by atoms with Crippen LogP contribution in [-0.2, 0) is 11.8 Å². The van der Waals surface area contributed by atoms with Crippen molar-refractivity contribution in [3.8, 4) is 0 Å². The van der Waals surface area contributed by atoms with Gasteiger partial charge in [0.05, 0.1) is 16.2 Å². The van der Waals surface area contributed by atoms with E-state index < -0.39 is 28.2 Å². The molecule has 1 amide bonds. The van der Waals surface area contributed by atoms with E-state index in [9.17, 15) is 27.5 Å². The lowest BCUT2D eigenvalue weighted by molar-refractivity contribution is -0.137. The van der Waals surface area contributed by atoms with Gasteiger partial charge >= 0.3 is 6.18 Å². The first-order chi connectivity index (χ1) is 14.1. The number of likely N-dealkylation sites (tertiary alicyclic amines) is 1. The van der Waals surface area contributed by atoms with Gasteiger partial charge < -0.3 is 15.3 Å². The van der Waals surface area contributed by atoms with Crippen LogP contribution in [0.15, 0.2) is 42.5 Å². The van der Waals surface area contributed by atoms with Crippen molar-refractivity contribution < 1.29 is 27.5 Å². The first kappa shape index (κ1) is 22.5. The van der Waals surface area contributed by atoms with E-state index in [1.165, 1.54) is 30.3 Å². The molecule has 1 aliphatic rings. The van der Waals surface area contributed by atoms with E-state index in [-0.39, 0.29) is 24.3 Å². The Morgan fingerprint density at radius 2 is 1.77 bits per heavy atom. The van der Waals surface area contributed by atoms with E-state index >= 15 is 0 Å². The van der Waals surface area contributed by atoms with Crippen molar-refractivity contribution in [1.29, 1.82) is 0 Å². The predicted octanol–water partition coefficient (Wildman–Crippen LogP) is 4.21. The lowest BCUT2D eigenvalue weighted by Gasteiger charge is -2.38. The molecule has 1 heterocycles. The molecular weight excluding hydrogens is 424 g/mol. The second-order valence-electron chi connectivity index (χ2n) is 7.33. The summed E-state index contributed by atoms with van der Waals surface area (Å²) in [5, 5.41) is 13.2. The number of carbonyl (C=O) groups is 1. The quantitative estimate of drug-likeness (QED) is 0.679. The highest BCUT2D eigenvalue weighted by Crippen LogP contribution is 2.39. The van der Waals surface area contributed by atoms with Crippen LogP contribution in [0.1, 0.15) is 34.3 Å². The summed E-state index contributed by atoms with van der Waals surface area (Å²) in [6.07, 6.45) is -4.07.